The minimum Gasteiger partial charge on any atom is -0.356 e. The maximum absolute atomic E-state index is 12.6. The fourth-order valence-electron chi connectivity index (χ4n) is 3.31. The van der Waals surface area contributed by atoms with E-state index in [0.29, 0.717) is 31.9 Å². The Balaban J connectivity index is 1.44. The third-order valence-electron chi connectivity index (χ3n) is 4.99. The molecular weight excluding hydrogens is 393 g/mol. The molecule has 1 saturated heterocycles. The quantitative estimate of drug-likeness (QED) is 0.555. The number of carbonyl (C=O) groups excluding carboxylic acids is 1. The second kappa shape index (κ2) is 9.65. The van der Waals surface area contributed by atoms with Crippen molar-refractivity contribution in [1.82, 2.24) is 10.6 Å². The molecule has 0 aliphatic carbocycles. The fraction of sp³-hybridized carbons (Fsp3) is 0.364. The monoisotopic (exact) mass is 418 g/mol. The number of carbonyl (C=O) groups is 1. The summed E-state index contributed by atoms with van der Waals surface area (Å²) in [5.41, 5.74) is 2.14. The molecule has 3 rings (SSSR count). The second-order valence-electron chi connectivity index (χ2n) is 7.11. The van der Waals surface area contributed by atoms with E-state index in [1.807, 2.05) is 24.3 Å². The summed E-state index contributed by atoms with van der Waals surface area (Å²) in [6.07, 6.45) is -2.23. The van der Waals surface area contributed by atoms with E-state index in [4.69, 9.17) is 0 Å². The summed E-state index contributed by atoms with van der Waals surface area (Å²) < 4.78 is 37.8. The zero-order valence-electron chi connectivity index (χ0n) is 16.8. The highest BCUT2D eigenvalue weighted by Gasteiger charge is 2.29. The standard InChI is InChI=1S/C22H25F3N4O/c1-26-21(27-13-12-16-4-8-18(9-5-16)22(23,24)25)28-15-17-6-10-19(11-7-17)29-14-2-3-20(29)30/h4-11H,2-3,12-15H2,1H3,(H2,26,27,28). The smallest absolute Gasteiger partial charge is 0.356 e. The Labute approximate surface area is 174 Å². The Kier molecular flexibility index (Phi) is 6.97. The van der Waals surface area contributed by atoms with Crippen molar-refractivity contribution in [1.29, 1.82) is 0 Å². The van der Waals surface area contributed by atoms with Crippen LogP contribution < -0.4 is 15.5 Å². The molecule has 160 valence electrons. The topological polar surface area (TPSA) is 56.7 Å². The van der Waals surface area contributed by atoms with E-state index in [1.54, 1.807) is 11.9 Å². The lowest BCUT2D eigenvalue weighted by molar-refractivity contribution is -0.137. The molecule has 0 saturated carbocycles. The molecule has 0 radical (unpaired) electrons. The van der Waals surface area contributed by atoms with Gasteiger partial charge in [0.05, 0.1) is 5.56 Å². The van der Waals surface area contributed by atoms with Gasteiger partial charge in [0.1, 0.15) is 0 Å². The van der Waals surface area contributed by atoms with Crippen LogP contribution in [0, 0.1) is 0 Å². The summed E-state index contributed by atoms with van der Waals surface area (Å²) in [7, 11) is 1.66. The number of hydrogen-bond donors (Lipinski definition) is 2. The molecule has 0 atom stereocenters. The first-order chi connectivity index (χ1) is 14.4. The van der Waals surface area contributed by atoms with Crippen molar-refractivity contribution < 1.29 is 18.0 Å². The van der Waals surface area contributed by atoms with E-state index >= 15 is 0 Å². The summed E-state index contributed by atoms with van der Waals surface area (Å²) in [6.45, 7) is 1.88. The van der Waals surface area contributed by atoms with Crippen molar-refractivity contribution in [2.75, 3.05) is 25.0 Å². The van der Waals surface area contributed by atoms with Gasteiger partial charge in [0, 0.05) is 38.8 Å². The van der Waals surface area contributed by atoms with E-state index < -0.39 is 11.7 Å². The number of hydrogen-bond acceptors (Lipinski definition) is 2. The number of guanidine groups is 1. The van der Waals surface area contributed by atoms with Crippen LogP contribution in [0.2, 0.25) is 0 Å². The normalized spacial score (nSPS) is 14.9. The van der Waals surface area contributed by atoms with Gasteiger partial charge in [0.2, 0.25) is 5.91 Å². The third-order valence-corrected chi connectivity index (χ3v) is 4.99. The molecule has 0 aromatic heterocycles. The van der Waals surface area contributed by atoms with Crippen LogP contribution >= 0.6 is 0 Å². The summed E-state index contributed by atoms with van der Waals surface area (Å²) in [5, 5.41) is 6.37. The molecule has 5 nitrogen and oxygen atoms in total. The van der Waals surface area contributed by atoms with Crippen LogP contribution in [0.5, 0.6) is 0 Å². The van der Waals surface area contributed by atoms with E-state index in [-0.39, 0.29) is 5.91 Å². The average Bonchev–Trinajstić information content (AvgIpc) is 3.16. The molecule has 8 heteroatoms. The fourth-order valence-corrected chi connectivity index (χ4v) is 3.31. The Morgan fingerprint density at radius 3 is 2.27 bits per heavy atom. The first kappa shape index (κ1) is 21.7. The summed E-state index contributed by atoms with van der Waals surface area (Å²) in [4.78, 5) is 17.8. The third kappa shape index (κ3) is 5.75. The molecule has 2 N–H and O–H groups in total. The van der Waals surface area contributed by atoms with Crippen molar-refractivity contribution in [2.24, 2.45) is 4.99 Å². The van der Waals surface area contributed by atoms with Gasteiger partial charge in [-0.2, -0.15) is 13.2 Å². The minimum atomic E-state index is -4.31. The van der Waals surface area contributed by atoms with Gasteiger partial charge in [-0.15, -0.1) is 0 Å². The van der Waals surface area contributed by atoms with E-state index in [9.17, 15) is 18.0 Å². The van der Waals surface area contributed by atoms with Gasteiger partial charge in [-0.25, -0.2) is 0 Å². The molecule has 30 heavy (non-hydrogen) atoms. The largest absolute Gasteiger partial charge is 0.416 e. The van der Waals surface area contributed by atoms with Crippen LogP contribution in [0.4, 0.5) is 18.9 Å². The maximum Gasteiger partial charge on any atom is 0.416 e. The van der Waals surface area contributed by atoms with E-state index in [1.165, 1.54) is 12.1 Å². The molecule has 0 bridgehead atoms. The van der Waals surface area contributed by atoms with Crippen molar-refractivity contribution >= 4 is 17.6 Å². The van der Waals surface area contributed by atoms with E-state index in [2.05, 4.69) is 15.6 Å². The summed E-state index contributed by atoms with van der Waals surface area (Å²) in [6, 6.07) is 13.0. The van der Waals surface area contributed by atoms with Gasteiger partial charge in [-0.1, -0.05) is 24.3 Å². The molecule has 0 spiro atoms. The van der Waals surface area contributed by atoms with Gasteiger partial charge in [-0.05, 0) is 48.2 Å². The molecule has 2 aromatic rings. The molecule has 0 unspecified atom stereocenters. The van der Waals surface area contributed by atoms with Gasteiger partial charge in [0.25, 0.3) is 0 Å². The van der Waals surface area contributed by atoms with Crippen LogP contribution in [-0.2, 0) is 23.9 Å². The van der Waals surface area contributed by atoms with Crippen LogP contribution in [0.3, 0.4) is 0 Å². The second-order valence-corrected chi connectivity index (χ2v) is 7.11. The molecule has 1 fully saturated rings. The van der Waals surface area contributed by atoms with Crippen molar-refractivity contribution in [3.05, 3.63) is 65.2 Å². The average molecular weight is 418 g/mol. The predicted octanol–water partition coefficient (Wildman–Crippen LogP) is 3.74. The van der Waals surface area contributed by atoms with Crippen molar-refractivity contribution in [3.63, 3.8) is 0 Å². The Morgan fingerprint density at radius 2 is 1.70 bits per heavy atom. The Bertz CT molecular complexity index is 877. The predicted molar refractivity (Wildman–Crippen MR) is 111 cm³/mol. The molecule has 1 aliphatic rings. The van der Waals surface area contributed by atoms with Crippen LogP contribution in [-0.4, -0.2) is 32.0 Å². The number of aliphatic imine (C=N–C) groups is 1. The summed E-state index contributed by atoms with van der Waals surface area (Å²) >= 11 is 0. The molecule has 1 amide bonds. The molecule has 1 heterocycles. The van der Waals surface area contributed by atoms with Crippen molar-refractivity contribution in [2.45, 2.75) is 32.0 Å². The Hall–Kier alpha value is -3.03. The number of halogens is 3. The molecule has 2 aromatic carbocycles. The van der Waals surface area contributed by atoms with Gasteiger partial charge in [0.15, 0.2) is 5.96 Å². The lowest BCUT2D eigenvalue weighted by Gasteiger charge is -2.16. The lowest BCUT2D eigenvalue weighted by atomic mass is 10.1. The first-order valence-corrected chi connectivity index (χ1v) is 9.87. The minimum absolute atomic E-state index is 0.165. The number of rotatable bonds is 6. The van der Waals surface area contributed by atoms with Gasteiger partial charge in [-0.3, -0.25) is 9.79 Å². The molecule has 1 aliphatic heterocycles. The van der Waals surface area contributed by atoms with Crippen molar-refractivity contribution in [3.8, 4) is 0 Å². The Morgan fingerprint density at radius 1 is 1.03 bits per heavy atom. The highest BCUT2D eigenvalue weighted by Crippen LogP contribution is 2.29. The number of alkyl halides is 3. The molecular formula is C22H25F3N4O. The first-order valence-electron chi connectivity index (χ1n) is 9.87. The highest BCUT2D eigenvalue weighted by molar-refractivity contribution is 5.95. The zero-order chi connectivity index (χ0) is 21.6. The number of amides is 1. The SMILES string of the molecule is CN=C(NCCc1ccc(C(F)(F)F)cc1)NCc1ccc(N2CCCC2=O)cc1. The van der Waals surface area contributed by atoms with Crippen LogP contribution in [0.25, 0.3) is 0 Å². The van der Waals surface area contributed by atoms with Crippen LogP contribution in [0.1, 0.15) is 29.5 Å². The van der Waals surface area contributed by atoms with Gasteiger partial charge < -0.3 is 15.5 Å². The summed E-state index contributed by atoms with van der Waals surface area (Å²) in [5.74, 6) is 0.777. The zero-order valence-corrected chi connectivity index (χ0v) is 16.8. The van der Waals surface area contributed by atoms with Gasteiger partial charge >= 0.3 is 6.18 Å². The highest BCUT2D eigenvalue weighted by atomic mass is 19.4. The van der Waals surface area contributed by atoms with Crippen LogP contribution in [0.15, 0.2) is 53.5 Å². The maximum atomic E-state index is 12.6. The number of nitrogens with one attached hydrogen (secondary N) is 2. The lowest BCUT2D eigenvalue weighted by Crippen LogP contribution is -2.37. The number of nitrogens with zero attached hydrogens (tertiary/aromatic N) is 2. The number of benzene rings is 2. The van der Waals surface area contributed by atoms with E-state index in [0.717, 1.165) is 41.9 Å². The number of anilines is 1.